The van der Waals surface area contributed by atoms with Crippen molar-refractivity contribution in [2.45, 2.75) is 13.1 Å². The fourth-order valence-electron chi connectivity index (χ4n) is 1.42. The average Bonchev–Trinajstić information content (AvgIpc) is 2.71. The van der Waals surface area contributed by atoms with Crippen molar-refractivity contribution in [3.63, 3.8) is 0 Å². The quantitative estimate of drug-likeness (QED) is 0.654. The first-order valence-electron chi connectivity index (χ1n) is 5.80. The maximum Gasteiger partial charge on any atom is 0.148 e. The van der Waals surface area contributed by atoms with Crippen molar-refractivity contribution in [1.82, 2.24) is 25.2 Å². The second kappa shape index (κ2) is 6.81. The molecule has 0 aliphatic rings. The molecule has 18 heavy (non-hydrogen) atoms. The number of hydrogen-bond acceptors (Lipinski definition) is 6. The molecule has 0 aliphatic heterocycles. The third kappa shape index (κ3) is 6.08. The van der Waals surface area contributed by atoms with E-state index in [1.54, 1.807) is 4.68 Å². The van der Waals surface area contributed by atoms with E-state index in [0.29, 0.717) is 19.6 Å². The van der Waals surface area contributed by atoms with E-state index in [1.165, 1.54) is 6.26 Å². The molecular formula is C10H21N5O2S. The molecule has 0 unspecified atom stereocenters. The molecule has 1 heterocycles. The van der Waals surface area contributed by atoms with E-state index in [1.807, 2.05) is 25.2 Å². The standard InChI is InChI=1S/C10H21N5O2S/c1-11-8-10-9-15(13-12-10)5-4-14(2)6-7-18(3,16)17/h9,11H,4-8H2,1-3H3. The van der Waals surface area contributed by atoms with Crippen molar-refractivity contribution in [3.05, 3.63) is 11.9 Å². The molecule has 0 aromatic carbocycles. The lowest BCUT2D eigenvalue weighted by atomic mass is 10.4. The van der Waals surface area contributed by atoms with E-state index < -0.39 is 9.84 Å². The summed E-state index contributed by atoms with van der Waals surface area (Å²) in [4.78, 5) is 1.97. The Morgan fingerprint density at radius 1 is 1.44 bits per heavy atom. The molecule has 0 aliphatic carbocycles. The maximum absolute atomic E-state index is 11.0. The Morgan fingerprint density at radius 3 is 2.78 bits per heavy atom. The molecule has 0 amide bonds. The van der Waals surface area contributed by atoms with Gasteiger partial charge in [0, 0.05) is 32.1 Å². The van der Waals surface area contributed by atoms with Gasteiger partial charge in [0.2, 0.25) is 0 Å². The van der Waals surface area contributed by atoms with E-state index in [9.17, 15) is 8.42 Å². The van der Waals surface area contributed by atoms with Gasteiger partial charge in [-0.05, 0) is 14.1 Å². The highest BCUT2D eigenvalue weighted by Gasteiger charge is 2.06. The van der Waals surface area contributed by atoms with Gasteiger partial charge in [-0.15, -0.1) is 5.10 Å². The molecule has 104 valence electrons. The van der Waals surface area contributed by atoms with Crippen LogP contribution in [0.2, 0.25) is 0 Å². The van der Waals surface area contributed by atoms with Crippen LogP contribution < -0.4 is 5.32 Å². The number of nitrogens with one attached hydrogen (secondary N) is 1. The number of nitrogens with zero attached hydrogens (tertiary/aromatic N) is 4. The lowest BCUT2D eigenvalue weighted by Crippen LogP contribution is -2.28. The zero-order valence-corrected chi connectivity index (χ0v) is 11.9. The van der Waals surface area contributed by atoms with Gasteiger partial charge in [-0.2, -0.15) is 0 Å². The van der Waals surface area contributed by atoms with Gasteiger partial charge < -0.3 is 10.2 Å². The molecule has 1 aromatic heterocycles. The van der Waals surface area contributed by atoms with Gasteiger partial charge in [0.15, 0.2) is 0 Å². The van der Waals surface area contributed by atoms with Crippen LogP contribution in [0.1, 0.15) is 5.69 Å². The summed E-state index contributed by atoms with van der Waals surface area (Å²) in [5.41, 5.74) is 0.899. The van der Waals surface area contributed by atoms with E-state index in [4.69, 9.17) is 0 Å². The zero-order chi connectivity index (χ0) is 13.6. The Hall–Kier alpha value is -0.990. The number of hydrogen-bond donors (Lipinski definition) is 1. The minimum Gasteiger partial charge on any atom is -0.314 e. The van der Waals surface area contributed by atoms with Gasteiger partial charge in [-0.25, -0.2) is 8.42 Å². The molecule has 0 fully saturated rings. The highest BCUT2D eigenvalue weighted by molar-refractivity contribution is 7.90. The molecule has 1 N–H and O–H groups in total. The smallest absolute Gasteiger partial charge is 0.148 e. The summed E-state index contributed by atoms with van der Waals surface area (Å²) >= 11 is 0. The van der Waals surface area contributed by atoms with E-state index in [2.05, 4.69) is 15.6 Å². The molecular weight excluding hydrogens is 254 g/mol. The van der Waals surface area contributed by atoms with E-state index in [0.717, 1.165) is 12.2 Å². The number of aromatic nitrogens is 3. The fourth-order valence-corrected chi connectivity index (χ4v) is 2.06. The third-order valence-corrected chi connectivity index (χ3v) is 3.42. The van der Waals surface area contributed by atoms with Crippen molar-refractivity contribution in [2.24, 2.45) is 0 Å². The normalized spacial score (nSPS) is 12.2. The summed E-state index contributed by atoms with van der Waals surface area (Å²) in [7, 11) is 0.868. The highest BCUT2D eigenvalue weighted by atomic mass is 32.2. The minimum absolute atomic E-state index is 0.186. The first-order chi connectivity index (χ1) is 8.40. The van der Waals surface area contributed by atoms with Crippen molar-refractivity contribution < 1.29 is 8.42 Å². The van der Waals surface area contributed by atoms with Crippen LogP contribution in [0.15, 0.2) is 6.20 Å². The number of sulfone groups is 1. The highest BCUT2D eigenvalue weighted by Crippen LogP contribution is 1.94. The van der Waals surface area contributed by atoms with Crippen molar-refractivity contribution >= 4 is 9.84 Å². The molecule has 0 bridgehead atoms. The van der Waals surface area contributed by atoms with Crippen LogP contribution in [0, 0.1) is 0 Å². The Bertz CT molecular complexity index is 457. The van der Waals surface area contributed by atoms with Crippen molar-refractivity contribution in [1.29, 1.82) is 0 Å². The van der Waals surface area contributed by atoms with Crippen LogP contribution in [-0.2, 0) is 22.9 Å². The lowest BCUT2D eigenvalue weighted by Gasteiger charge is -2.15. The second-order valence-electron chi connectivity index (χ2n) is 4.44. The zero-order valence-electron chi connectivity index (χ0n) is 11.1. The molecule has 7 nitrogen and oxygen atoms in total. The molecule has 1 aromatic rings. The summed E-state index contributed by atoms with van der Waals surface area (Å²) in [6, 6.07) is 0. The molecule has 0 atom stereocenters. The SMILES string of the molecule is CNCc1cn(CCN(C)CCS(C)(=O)=O)nn1. The summed E-state index contributed by atoms with van der Waals surface area (Å²) in [6.07, 6.45) is 3.14. The van der Waals surface area contributed by atoms with Gasteiger partial charge in [-0.1, -0.05) is 5.21 Å². The van der Waals surface area contributed by atoms with Crippen LogP contribution >= 0.6 is 0 Å². The van der Waals surface area contributed by atoms with Crippen LogP contribution in [-0.4, -0.2) is 67.5 Å². The van der Waals surface area contributed by atoms with Gasteiger partial charge in [-0.3, -0.25) is 4.68 Å². The van der Waals surface area contributed by atoms with E-state index in [-0.39, 0.29) is 5.75 Å². The topological polar surface area (TPSA) is 80.1 Å². The third-order valence-electron chi connectivity index (χ3n) is 2.50. The lowest BCUT2D eigenvalue weighted by molar-refractivity contribution is 0.327. The summed E-state index contributed by atoms with van der Waals surface area (Å²) < 4.78 is 23.8. The maximum atomic E-state index is 11.0. The summed E-state index contributed by atoms with van der Waals surface area (Å²) in [5.74, 6) is 0.186. The second-order valence-corrected chi connectivity index (χ2v) is 6.70. The van der Waals surface area contributed by atoms with Gasteiger partial charge in [0.25, 0.3) is 0 Å². The van der Waals surface area contributed by atoms with Crippen LogP contribution in [0.3, 0.4) is 0 Å². The van der Waals surface area contributed by atoms with Crippen LogP contribution in [0.4, 0.5) is 0 Å². The molecule has 8 heteroatoms. The molecule has 1 rings (SSSR count). The van der Waals surface area contributed by atoms with Crippen LogP contribution in [0.25, 0.3) is 0 Å². The van der Waals surface area contributed by atoms with Crippen LogP contribution in [0.5, 0.6) is 0 Å². The Labute approximate surface area is 108 Å². The van der Waals surface area contributed by atoms with Gasteiger partial charge in [0.05, 0.1) is 18.0 Å². The number of likely N-dealkylation sites (N-methyl/N-ethyl adjacent to an activating group) is 1. The summed E-state index contributed by atoms with van der Waals surface area (Å²) in [6.45, 7) is 2.69. The Balaban J connectivity index is 2.30. The Kier molecular flexibility index (Phi) is 5.70. The fraction of sp³-hybridized carbons (Fsp3) is 0.800. The van der Waals surface area contributed by atoms with Gasteiger partial charge >= 0.3 is 0 Å². The van der Waals surface area contributed by atoms with Gasteiger partial charge in [0.1, 0.15) is 9.84 Å². The predicted octanol–water partition coefficient (Wildman–Crippen LogP) is -1.03. The minimum atomic E-state index is -2.89. The summed E-state index contributed by atoms with van der Waals surface area (Å²) in [5, 5.41) is 11.0. The monoisotopic (exact) mass is 275 g/mol. The predicted molar refractivity (Wildman–Crippen MR) is 70.0 cm³/mol. The number of rotatable bonds is 8. The average molecular weight is 275 g/mol. The first-order valence-corrected chi connectivity index (χ1v) is 7.86. The first kappa shape index (κ1) is 15.1. The van der Waals surface area contributed by atoms with E-state index >= 15 is 0 Å². The molecule has 0 saturated carbocycles. The van der Waals surface area contributed by atoms with Crippen molar-refractivity contribution in [2.75, 3.05) is 39.2 Å². The van der Waals surface area contributed by atoms with Crippen molar-refractivity contribution in [3.8, 4) is 0 Å². The Morgan fingerprint density at radius 2 is 2.17 bits per heavy atom. The molecule has 0 spiro atoms. The molecule has 0 saturated heterocycles. The molecule has 0 radical (unpaired) electrons. The largest absolute Gasteiger partial charge is 0.314 e.